The van der Waals surface area contributed by atoms with Crippen LogP contribution >= 0.6 is 0 Å². The molecule has 1 heteroatoms. The highest BCUT2D eigenvalue weighted by Gasteiger charge is 2.25. The van der Waals surface area contributed by atoms with Gasteiger partial charge in [-0.3, -0.25) is 0 Å². The fraction of sp³-hybridized carbons (Fsp3) is 0.600. The van der Waals surface area contributed by atoms with Gasteiger partial charge in [-0.2, -0.15) is 0 Å². The van der Waals surface area contributed by atoms with Crippen molar-refractivity contribution in [3.8, 4) is 0 Å². The monoisotopic (exact) mass is 219 g/mol. The van der Waals surface area contributed by atoms with E-state index in [2.05, 4.69) is 44.2 Å². The van der Waals surface area contributed by atoms with E-state index in [1.807, 2.05) is 0 Å². The lowest BCUT2D eigenvalue weighted by atomic mass is 9.82. The Hall–Kier alpha value is -0.820. The van der Waals surface area contributed by atoms with E-state index in [0.29, 0.717) is 0 Å². The molecule has 16 heavy (non-hydrogen) atoms. The summed E-state index contributed by atoms with van der Waals surface area (Å²) in [6, 6.07) is 10.6. The molecule has 1 aromatic rings. The molecule has 0 aliphatic rings. The molecule has 1 rings (SSSR count). The summed E-state index contributed by atoms with van der Waals surface area (Å²) in [4.78, 5) is 0. The molecule has 0 amide bonds. The van der Waals surface area contributed by atoms with Gasteiger partial charge in [0.2, 0.25) is 0 Å². The van der Waals surface area contributed by atoms with Crippen LogP contribution in [0.15, 0.2) is 30.3 Å². The van der Waals surface area contributed by atoms with Crippen LogP contribution in [0.3, 0.4) is 0 Å². The van der Waals surface area contributed by atoms with Crippen molar-refractivity contribution < 1.29 is 0 Å². The zero-order valence-corrected chi connectivity index (χ0v) is 10.7. The fourth-order valence-electron chi connectivity index (χ4n) is 2.32. The van der Waals surface area contributed by atoms with Crippen molar-refractivity contribution in [3.63, 3.8) is 0 Å². The summed E-state index contributed by atoms with van der Waals surface area (Å²) in [5.74, 6) is 0. The molecule has 0 aliphatic heterocycles. The summed E-state index contributed by atoms with van der Waals surface area (Å²) in [7, 11) is 0. The largest absolute Gasteiger partial charge is 0.321 e. The van der Waals surface area contributed by atoms with Gasteiger partial charge in [-0.15, -0.1) is 0 Å². The van der Waals surface area contributed by atoms with Crippen LogP contribution in [0.25, 0.3) is 0 Å². The smallest absolute Gasteiger partial charge is 0.0409 e. The summed E-state index contributed by atoms with van der Waals surface area (Å²) in [6.45, 7) is 4.45. The number of nitrogens with two attached hydrogens (primary N) is 1. The van der Waals surface area contributed by atoms with E-state index in [4.69, 9.17) is 5.73 Å². The van der Waals surface area contributed by atoms with E-state index in [1.165, 1.54) is 24.8 Å². The van der Waals surface area contributed by atoms with Gasteiger partial charge in [-0.1, -0.05) is 69.9 Å². The highest BCUT2D eigenvalue weighted by molar-refractivity contribution is 5.23. The SMILES string of the molecule is CCCCCC(N)(CCC)c1ccccc1. The Balaban J connectivity index is 2.71. The van der Waals surface area contributed by atoms with Crippen molar-refractivity contribution in [1.82, 2.24) is 0 Å². The molecule has 0 radical (unpaired) electrons. The predicted molar refractivity (Wildman–Crippen MR) is 71.4 cm³/mol. The Labute approximate surface area is 100 Å². The average Bonchev–Trinajstić information content (AvgIpc) is 2.31. The highest BCUT2D eigenvalue weighted by Crippen LogP contribution is 2.29. The first-order valence-corrected chi connectivity index (χ1v) is 6.57. The summed E-state index contributed by atoms with van der Waals surface area (Å²) >= 11 is 0. The molecular weight excluding hydrogens is 194 g/mol. The minimum Gasteiger partial charge on any atom is -0.321 e. The molecule has 0 fully saturated rings. The average molecular weight is 219 g/mol. The molecule has 0 spiro atoms. The summed E-state index contributed by atoms with van der Waals surface area (Å²) < 4.78 is 0. The molecule has 0 bridgehead atoms. The summed E-state index contributed by atoms with van der Waals surface area (Å²) in [5, 5.41) is 0. The number of hydrogen-bond acceptors (Lipinski definition) is 1. The second-order valence-corrected chi connectivity index (χ2v) is 4.73. The molecule has 1 aromatic carbocycles. The minimum atomic E-state index is -0.106. The first-order valence-electron chi connectivity index (χ1n) is 6.57. The molecule has 2 N–H and O–H groups in total. The predicted octanol–water partition coefficient (Wildman–Crippen LogP) is 4.22. The van der Waals surface area contributed by atoms with Crippen molar-refractivity contribution >= 4 is 0 Å². The number of benzene rings is 1. The second-order valence-electron chi connectivity index (χ2n) is 4.73. The lowest BCUT2D eigenvalue weighted by molar-refractivity contribution is 0.358. The van der Waals surface area contributed by atoms with Crippen LogP contribution in [0, 0.1) is 0 Å². The third-order valence-corrected chi connectivity index (χ3v) is 3.27. The van der Waals surface area contributed by atoms with Crippen LogP contribution in [-0.4, -0.2) is 0 Å². The number of hydrogen-bond donors (Lipinski definition) is 1. The normalized spacial score (nSPS) is 14.7. The molecule has 1 atom stereocenters. The van der Waals surface area contributed by atoms with Gasteiger partial charge in [0.25, 0.3) is 0 Å². The maximum absolute atomic E-state index is 6.57. The molecule has 0 saturated carbocycles. The highest BCUT2D eigenvalue weighted by atomic mass is 14.7. The third-order valence-electron chi connectivity index (χ3n) is 3.27. The van der Waals surface area contributed by atoms with Crippen molar-refractivity contribution in [2.75, 3.05) is 0 Å². The molecule has 0 aliphatic carbocycles. The van der Waals surface area contributed by atoms with Gasteiger partial charge < -0.3 is 5.73 Å². The van der Waals surface area contributed by atoms with E-state index in [9.17, 15) is 0 Å². The summed E-state index contributed by atoms with van der Waals surface area (Å²) in [5.41, 5.74) is 7.76. The Bertz CT molecular complexity index is 281. The van der Waals surface area contributed by atoms with E-state index < -0.39 is 0 Å². The Morgan fingerprint density at radius 3 is 2.19 bits per heavy atom. The lowest BCUT2D eigenvalue weighted by Gasteiger charge is -2.30. The van der Waals surface area contributed by atoms with E-state index in [0.717, 1.165) is 19.3 Å². The third kappa shape index (κ3) is 3.64. The van der Waals surface area contributed by atoms with Gasteiger partial charge in [-0.05, 0) is 18.4 Å². The lowest BCUT2D eigenvalue weighted by Crippen LogP contribution is -2.36. The van der Waals surface area contributed by atoms with Gasteiger partial charge in [-0.25, -0.2) is 0 Å². The van der Waals surface area contributed by atoms with Crippen LogP contribution in [-0.2, 0) is 5.54 Å². The quantitative estimate of drug-likeness (QED) is 0.683. The van der Waals surface area contributed by atoms with Crippen LogP contribution in [0.2, 0.25) is 0 Å². The Morgan fingerprint density at radius 2 is 1.62 bits per heavy atom. The first-order chi connectivity index (χ1) is 7.73. The van der Waals surface area contributed by atoms with Gasteiger partial charge >= 0.3 is 0 Å². The van der Waals surface area contributed by atoms with Crippen LogP contribution in [0.5, 0.6) is 0 Å². The Kier molecular flexibility index (Phi) is 5.54. The Morgan fingerprint density at radius 1 is 0.938 bits per heavy atom. The van der Waals surface area contributed by atoms with Crippen LogP contribution < -0.4 is 5.73 Å². The van der Waals surface area contributed by atoms with E-state index in [-0.39, 0.29) is 5.54 Å². The zero-order chi connectivity index (χ0) is 11.9. The standard InChI is InChI=1S/C15H25N/c1-3-5-9-13-15(16,12-4-2)14-10-7-6-8-11-14/h6-8,10-11H,3-5,9,12-13,16H2,1-2H3. The molecule has 1 nitrogen and oxygen atoms in total. The van der Waals surface area contributed by atoms with Gasteiger partial charge in [0.15, 0.2) is 0 Å². The second kappa shape index (κ2) is 6.70. The molecule has 1 unspecified atom stereocenters. The topological polar surface area (TPSA) is 26.0 Å². The first kappa shape index (κ1) is 13.2. The summed E-state index contributed by atoms with van der Waals surface area (Å²) in [6.07, 6.45) is 7.13. The van der Waals surface area contributed by atoms with E-state index in [1.54, 1.807) is 0 Å². The van der Waals surface area contributed by atoms with Crippen LogP contribution in [0.4, 0.5) is 0 Å². The molecule has 0 saturated heterocycles. The van der Waals surface area contributed by atoms with Crippen molar-refractivity contribution in [1.29, 1.82) is 0 Å². The van der Waals surface area contributed by atoms with Crippen molar-refractivity contribution in [2.24, 2.45) is 5.73 Å². The maximum Gasteiger partial charge on any atom is 0.0409 e. The zero-order valence-electron chi connectivity index (χ0n) is 10.7. The minimum absolute atomic E-state index is 0.106. The van der Waals surface area contributed by atoms with Crippen LogP contribution in [0.1, 0.15) is 57.9 Å². The van der Waals surface area contributed by atoms with Gasteiger partial charge in [0.05, 0.1) is 0 Å². The molecular formula is C15H25N. The number of unbranched alkanes of at least 4 members (excludes halogenated alkanes) is 2. The molecule has 90 valence electrons. The molecule has 0 aromatic heterocycles. The van der Waals surface area contributed by atoms with Gasteiger partial charge in [0, 0.05) is 5.54 Å². The van der Waals surface area contributed by atoms with Gasteiger partial charge in [0.1, 0.15) is 0 Å². The van der Waals surface area contributed by atoms with Crippen molar-refractivity contribution in [3.05, 3.63) is 35.9 Å². The molecule has 0 heterocycles. The van der Waals surface area contributed by atoms with Crippen molar-refractivity contribution in [2.45, 2.75) is 57.9 Å². The maximum atomic E-state index is 6.57. The fourth-order valence-corrected chi connectivity index (χ4v) is 2.32. The number of rotatable bonds is 7. The van der Waals surface area contributed by atoms with E-state index >= 15 is 0 Å².